The quantitative estimate of drug-likeness (QED) is 0.0264. The van der Waals surface area contributed by atoms with Gasteiger partial charge in [-0.15, -0.1) is 0 Å². The van der Waals surface area contributed by atoms with E-state index >= 15 is 0 Å². The molecule has 2 atom stereocenters. The number of ether oxygens (including phenoxy) is 2. The molecule has 0 rings (SSSR count). The maximum absolute atomic E-state index is 12.7. The van der Waals surface area contributed by atoms with Crippen LogP contribution in [0.4, 0.5) is 0 Å². The molecular formula is C63H116NO8P. The molecule has 0 aromatic rings. The van der Waals surface area contributed by atoms with Gasteiger partial charge in [-0.2, -0.15) is 0 Å². The second-order valence-electron chi connectivity index (χ2n) is 20.5. The Balaban J connectivity index is 3.92. The van der Waals surface area contributed by atoms with Gasteiger partial charge in [0.25, 0.3) is 0 Å². The second kappa shape index (κ2) is 59.0. The van der Waals surface area contributed by atoms with Crippen LogP contribution in [0.1, 0.15) is 296 Å². The molecule has 0 aliphatic carbocycles. The Morgan fingerprint density at radius 1 is 0.425 bits per heavy atom. The molecule has 0 aliphatic heterocycles. The van der Waals surface area contributed by atoms with Gasteiger partial charge >= 0.3 is 19.8 Å². The predicted octanol–water partition coefficient (Wildman–Crippen LogP) is 19.5. The molecule has 9 nitrogen and oxygen atoms in total. The molecule has 0 amide bonds. The SMILES string of the molecule is CC/C=C\C/C=C\C/C=C\C/C=C\CCCCCCCCCCCCCCCCC(=O)OC(COC(=O)CCCCCCCCCCCCCCC/C=C\CCCCCCCCCC)COP(=O)(O)OCCN. The monoisotopic (exact) mass is 1050 g/mol. The highest BCUT2D eigenvalue weighted by Gasteiger charge is 2.26. The van der Waals surface area contributed by atoms with E-state index in [0.29, 0.717) is 6.42 Å². The number of unbranched alkanes of at least 4 members (excludes halogenated alkanes) is 35. The van der Waals surface area contributed by atoms with E-state index in [1.54, 1.807) is 0 Å². The summed E-state index contributed by atoms with van der Waals surface area (Å²) >= 11 is 0. The van der Waals surface area contributed by atoms with E-state index in [1.165, 1.54) is 199 Å². The van der Waals surface area contributed by atoms with Crippen LogP contribution in [0.5, 0.6) is 0 Å². The number of rotatable bonds is 58. The highest BCUT2D eigenvalue weighted by atomic mass is 31.2. The fraction of sp³-hybridized carbons (Fsp3) is 0.810. The maximum Gasteiger partial charge on any atom is 0.472 e. The van der Waals surface area contributed by atoms with Crippen LogP contribution in [-0.2, 0) is 32.7 Å². The number of carbonyl (C=O) groups excluding carboxylic acids is 2. The number of nitrogens with two attached hydrogens (primary N) is 1. The lowest BCUT2D eigenvalue weighted by Crippen LogP contribution is -2.29. The van der Waals surface area contributed by atoms with Crippen LogP contribution in [0.2, 0.25) is 0 Å². The molecule has 426 valence electrons. The van der Waals surface area contributed by atoms with Crippen molar-refractivity contribution in [3.8, 4) is 0 Å². The van der Waals surface area contributed by atoms with Gasteiger partial charge in [0.1, 0.15) is 6.61 Å². The standard InChI is InChI=1S/C63H116NO8P/c1-3-5-7-9-11-13-15-17-19-21-23-25-27-29-30-32-34-36-38-40-42-44-46-48-50-52-54-56-63(66)72-61(60-71-73(67,68)70-58-57-64)59-69-62(65)55-53-51-49-47-45-43-41-39-37-35-33-31-28-26-24-22-20-18-16-14-12-10-8-6-4-2/h5,7,11,13,17,19,22-25,61H,3-4,6,8-10,12,14-16,18,20-21,26-60,64H2,1-2H3,(H,67,68)/b7-5-,13-11-,19-17-,24-22-,25-23-. The third kappa shape index (κ3) is 58.8. The molecular weight excluding hydrogens is 930 g/mol. The number of phosphoric acid groups is 1. The summed E-state index contributed by atoms with van der Waals surface area (Å²) in [5.41, 5.74) is 5.39. The number of esters is 2. The number of hydrogen-bond acceptors (Lipinski definition) is 8. The number of hydrogen-bond donors (Lipinski definition) is 2. The summed E-state index contributed by atoms with van der Waals surface area (Å²) in [6.45, 7) is 3.67. The number of allylic oxidation sites excluding steroid dienone is 10. The van der Waals surface area contributed by atoms with Crippen LogP contribution in [0, 0.1) is 0 Å². The van der Waals surface area contributed by atoms with Crippen LogP contribution in [0.25, 0.3) is 0 Å². The van der Waals surface area contributed by atoms with Crippen molar-refractivity contribution in [2.45, 2.75) is 302 Å². The first-order valence-corrected chi connectivity index (χ1v) is 32.3. The first kappa shape index (κ1) is 70.7. The minimum Gasteiger partial charge on any atom is -0.462 e. The van der Waals surface area contributed by atoms with Crippen molar-refractivity contribution in [2.75, 3.05) is 26.4 Å². The van der Waals surface area contributed by atoms with Gasteiger partial charge in [-0.3, -0.25) is 18.6 Å². The van der Waals surface area contributed by atoms with Crippen LogP contribution >= 0.6 is 7.82 Å². The molecule has 3 N–H and O–H groups in total. The van der Waals surface area contributed by atoms with Crippen molar-refractivity contribution < 1.29 is 37.6 Å². The molecule has 0 bridgehead atoms. The molecule has 0 aromatic heterocycles. The van der Waals surface area contributed by atoms with Crippen molar-refractivity contribution in [3.63, 3.8) is 0 Å². The number of carbonyl (C=O) groups is 2. The Morgan fingerprint density at radius 3 is 1.14 bits per heavy atom. The second-order valence-corrected chi connectivity index (χ2v) is 22.0. The summed E-state index contributed by atoms with van der Waals surface area (Å²) in [4.78, 5) is 35.3. The van der Waals surface area contributed by atoms with Gasteiger partial charge in [-0.05, 0) is 77.0 Å². The summed E-state index contributed by atoms with van der Waals surface area (Å²) in [6.07, 6.45) is 74.3. The summed E-state index contributed by atoms with van der Waals surface area (Å²) in [6, 6.07) is 0. The normalized spacial score (nSPS) is 13.4. The molecule has 0 aromatic carbocycles. The van der Waals surface area contributed by atoms with Crippen LogP contribution in [0.15, 0.2) is 60.8 Å². The molecule has 0 saturated heterocycles. The smallest absolute Gasteiger partial charge is 0.462 e. The van der Waals surface area contributed by atoms with E-state index in [4.69, 9.17) is 24.3 Å². The summed E-state index contributed by atoms with van der Waals surface area (Å²) in [5, 5.41) is 0. The molecule has 0 saturated carbocycles. The first-order valence-electron chi connectivity index (χ1n) is 30.8. The first-order chi connectivity index (χ1) is 35.8. The van der Waals surface area contributed by atoms with Crippen molar-refractivity contribution in [2.24, 2.45) is 5.73 Å². The Hall–Kier alpha value is -2.29. The van der Waals surface area contributed by atoms with Crippen molar-refractivity contribution in [3.05, 3.63) is 60.8 Å². The zero-order valence-electron chi connectivity index (χ0n) is 47.6. The molecule has 0 aliphatic rings. The van der Waals surface area contributed by atoms with Crippen LogP contribution in [-0.4, -0.2) is 49.3 Å². The van der Waals surface area contributed by atoms with Gasteiger partial charge in [-0.1, -0.05) is 267 Å². The minimum absolute atomic E-state index is 0.0530. The Bertz CT molecular complexity index is 1380. The van der Waals surface area contributed by atoms with Gasteiger partial charge in [0.15, 0.2) is 6.10 Å². The minimum atomic E-state index is -4.39. The van der Waals surface area contributed by atoms with Gasteiger partial charge in [0.05, 0.1) is 13.2 Å². The zero-order valence-corrected chi connectivity index (χ0v) is 48.5. The third-order valence-corrected chi connectivity index (χ3v) is 14.4. The largest absolute Gasteiger partial charge is 0.472 e. The van der Waals surface area contributed by atoms with Gasteiger partial charge in [0, 0.05) is 19.4 Å². The fourth-order valence-electron chi connectivity index (χ4n) is 8.86. The van der Waals surface area contributed by atoms with Gasteiger partial charge in [0.2, 0.25) is 0 Å². The Morgan fingerprint density at radius 2 is 0.753 bits per heavy atom. The van der Waals surface area contributed by atoms with Gasteiger partial charge < -0.3 is 20.1 Å². The van der Waals surface area contributed by atoms with Gasteiger partial charge in [-0.25, -0.2) is 4.57 Å². The molecule has 0 radical (unpaired) electrons. The predicted molar refractivity (Wildman–Crippen MR) is 312 cm³/mol. The lowest BCUT2D eigenvalue weighted by atomic mass is 10.0. The topological polar surface area (TPSA) is 134 Å². The molecule has 2 unspecified atom stereocenters. The maximum atomic E-state index is 12.7. The lowest BCUT2D eigenvalue weighted by Gasteiger charge is -2.19. The van der Waals surface area contributed by atoms with Crippen molar-refractivity contribution in [1.82, 2.24) is 0 Å². The van der Waals surface area contributed by atoms with E-state index in [-0.39, 0.29) is 38.6 Å². The van der Waals surface area contributed by atoms with E-state index in [9.17, 15) is 19.0 Å². The van der Waals surface area contributed by atoms with E-state index in [0.717, 1.165) is 64.2 Å². The van der Waals surface area contributed by atoms with Crippen molar-refractivity contribution >= 4 is 19.8 Å². The summed E-state index contributed by atoms with van der Waals surface area (Å²) < 4.78 is 33.1. The van der Waals surface area contributed by atoms with E-state index < -0.39 is 26.5 Å². The van der Waals surface area contributed by atoms with Crippen LogP contribution in [0.3, 0.4) is 0 Å². The summed E-state index contributed by atoms with van der Waals surface area (Å²) in [5.74, 6) is -0.817. The van der Waals surface area contributed by atoms with Crippen LogP contribution < -0.4 is 5.73 Å². The molecule has 0 spiro atoms. The Kier molecular flexibility index (Phi) is 57.1. The zero-order chi connectivity index (χ0) is 53.1. The highest BCUT2D eigenvalue weighted by Crippen LogP contribution is 2.43. The molecule has 0 fully saturated rings. The number of phosphoric ester groups is 1. The third-order valence-electron chi connectivity index (χ3n) is 13.4. The lowest BCUT2D eigenvalue weighted by molar-refractivity contribution is -0.161. The van der Waals surface area contributed by atoms with E-state index in [2.05, 4.69) is 74.6 Å². The Labute approximate surface area is 450 Å². The average molecular weight is 1050 g/mol. The summed E-state index contributed by atoms with van der Waals surface area (Å²) in [7, 11) is -4.39. The molecule has 10 heteroatoms. The van der Waals surface area contributed by atoms with E-state index in [1.807, 2.05) is 0 Å². The highest BCUT2D eigenvalue weighted by molar-refractivity contribution is 7.47. The van der Waals surface area contributed by atoms with Crippen molar-refractivity contribution in [1.29, 1.82) is 0 Å². The molecule has 0 heterocycles. The molecule has 73 heavy (non-hydrogen) atoms. The average Bonchev–Trinajstić information content (AvgIpc) is 3.38. The fourth-order valence-corrected chi connectivity index (χ4v) is 9.63.